The van der Waals surface area contributed by atoms with Gasteiger partial charge < -0.3 is 20.1 Å². The molecule has 2 aromatic rings. The molecule has 1 aromatic carbocycles. The molecule has 162 valence electrons. The molecule has 0 unspecified atom stereocenters. The molecule has 0 saturated heterocycles. The van der Waals surface area contributed by atoms with E-state index in [1.807, 2.05) is 0 Å². The SMILES string of the molecule is CCNC(=NCc1c(CC)noc1CC)NCCCN(C)Cc1ccccc1.I. The molecular weight excluding hydrogens is 477 g/mol. The predicted molar refractivity (Wildman–Crippen MR) is 131 cm³/mol. The molecule has 0 aliphatic heterocycles. The monoisotopic (exact) mass is 513 g/mol. The molecule has 2 rings (SSSR count). The van der Waals surface area contributed by atoms with Crippen LogP contribution in [0.15, 0.2) is 39.8 Å². The van der Waals surface area contributed by atoms with Crippen LogP contribution in [0.1, 0.15) is 49.8 Å². The predicted octanol–water partition coefficient (Wildman–Crippen LogP) is 3.99. The largest absolute Gasteiger partial charge is 0.361 e. The van der Waals surface area contributed by atoms with E-state index < -0.39 is 0 Å². The zero-order valence-corrected chi connectivity index (χ0v) is 20.5. The van der Waals surface area contributed by atoms with Gasteiger partial charge in [-0.2, -0.15) is 0 Å². The molecule has 0 bridgehead atoms. The van der Waals surface area contributed by atoms with Crippen molar-refractivity contribution in [2.45, 2.75) is 53.1 Å². The summed E-state index contributed by atoms with van der Waals surface area (Å²) in [5.41, 5.74) is 3.49. The molecule has 0 aliphatic carbocycles. The van der Waals surface area contributed by atoms with Crippen LogP contribution in [0.3, 0.4) is 0 Å². The molecule has 0 fully saturated rings. The molecule has 6 nitrogen and oxygen atoms in total. The van der Waals surface area contributed by atoms with Gasteiger partial charge >= 0.3 is 0 Å². The van der Waals surface area contributed by atoms with E-state index in [0.717, 1.165) is 68.4 Å². The smallest absolute Gasteiger partial charge is 0.191 e. The highest BCUT2D eigenvalue weighted by atomic mass is 127. The Kier molecular flexibility index (Phi) is 12.6. The van der Waals surface area contributed by atoms with Crippen molar-refractivity contribution in [3.8, 4) is 0 Å². The highest BCUT2D eigenvalue weighted by Gasteiger charge is 2.13. The van der Waals surface area contributed by atoms with E-state index in [0.29, 0.717) is 6.54 Å². The number of hydrogen-bond acceptors (Lipinski definition) is 4. The number of aromatic nitrogens is 1. The van der Waals surface area contributed by atoms with Crippen molar-refractivity contribution in [2.24, 2.45) is 4.99 Å². The summed E-state index contributed by atoms with van der Waals surface area (Å²) < 4.78 is 5.44. The summed E-state index contributed by atoms with van der Waals surface area (Å²) in [5.74, 6) is 1.79. The molecule has 0 radical (unpaired) electrons. The van der Waals surface area contributed by atoms with Crippen LogP contribution in [0.25, 0.3) is 0 Å². The first kappa shape index (κ1) is 25.4. The van der Waals surface area contributed by atoms with Gasteiger partial charge in [-0.05, 0) is 38.9 Å². The molecule has 0 atom stereocenters. The van der Waals surface area contributed by atoms with Gasteiger partial charge in [-0.15, -0.1) is 24.0 Å². The van der Waals surface area contributed by atoms with Crippen LogP contribution >= 0.6 is 24.0 Å². The van der Waals surface area contributed by atoms with Crippen LogP contribution in [0.2, 0.25) is 0 Å². The summed E-state index contributed by atoms with van der Waals surface area (Å²) in [6.07, 6.45) is 2.77. The van der Waals surface area contributed by atoms with E-state index in [-0.39, 0.29) is 24.0 Å². The molecule has 7 heteroatoms. The third-order valence-corrected chi connectivity index (χ3v) is 4.65. The minimum atomic E-state index is 0. The fourth-order valence-electron chi connectivity index (χ4n) is 3.15. The number of aliphatic imine (C=N–C) groups is 1. The quantitative estimate of drug-likeness (QED) is 0.206. The molecule has 0 saturated carbocycles. The Morgan fingerprint density at radius 1 is 1.10 bits per heavy atom. The van der Waals surface area contributed by atoms with Crippen molar-refractivity contribution >= 4 is 29.9 Å². The summed E-state index contributed by atoms with van der Waals surface area (Å²) >= 11 is 0. The second kappa shape index (κ2) is 14.4. The Hall–Kier alpha value is -1.61. The van der Waals surface area contributed by atoms with Crippen molar-refractivity contribution in [3.05, 3.63) is 52.9 Å². The summed E-state index contributed by atoms with van der Waals surface area (Å²) in [7, 11) is 2.16. The lowest BCUT2D eigenvalue weighted by Crippen LogP contribution is -2.38. The summed E-state index contributed by atoms with van der Waals surface area (Å²) in [6, 6.07) is 10.6. The van der Waals surface area contributed by atoms with E-state index in [2.05, 4.69) is 78.8 Å². The summed E-state index contributed by atoms with van der Waals surface area (Å²) in [4.78, 5) is 7.08. The van der Waals surface area contributed by atoms with Gasteiger partial charge in [-0.3, -0.25) is 0 Å². The first-order valence-electron chi connectivity index (χ1n) is 10.4. The topological polar surface area (TPSA) is 65.7 Å². The Labute approximate surface area is 192 Å². The molecule has 1 heterocycles. The van der Waals surface area contributed by atoms with E-state index in [1.165, 1.54) is 5.56 Å². The zero-order chi connectivity index (χ0) is 20.2. The minimum absolute atomic E-state index is 0. The number of hydrogen-bond donors (Lipinski definition) is 2. The maximum Gasteiger partial charge on any atom is 0.191 e. The molecule has 0 spiro atoms. The standard InChI is InChI=1S/C22H35N5O.HI/c1-5-20-19(21(6-2)28-26-20)16-25-22(23-7-3)24-14-11-15-27(4)17-18-12-9-8-10-13-18;/h8-10,12-13H,5-7,11,14-17H2,1-4H3,(H2,23,24,25);1H. The number of benzene rings is 1. The minimum Gasteiger partial charge on any atom is -0.361 e. The average Bonchev–Trinajstić information content (AvgIpc) is 3.12. The lowest BCUT2D eigenvalue weighted by molar-refractivity contribution is 0.322. The van der Waals surface area contributed by atoms with Crippen LogP contribution in [-0.4, -0.2) is 42.7 Å². The van der Waals surface area contributed by atoms with Gasteiger partial charge in [0.15, 0.2) is 5.96 Å². The molecule has 1 aromatic heterocycles. The maximum atomic E-state index is 5.44. The maximum absolute atomic E-state index is 5.44. The van der Waals surface area contributed by atoms with Crippen LogP contribution in [0.5, 0.6) is 0 Å². The highest BCUT2D eigenvalue weighted by molar-refractivity contribution is 14.0. The zero-order valence-electron chi connectivity index (χ0n) is 18.2. The Bertz CT molecular complexity index is 696. The van der Waals surface area contributed by atoms with E-state index in [1.54, 1.807) is 0 Å². The van der Waals surface area contributed by atoms with Crippen LogP contribution < -0.4 is 10.6 Å². The van der Waals surface area contributed by atoms with Crippen LogP contribution in [0, 0.1) is 0 Å². The van der Waals surface area contributed by atoms with Crippen molar-refractivity contribution in [1.82, 2.24) is 20.7 Å². The molecular formula is C22H36IN5O. The number of guanidine groups is 1. The van der Waals surface area contributed by atoms with Gasteiger partial charge in [-0.1, -0.05) is 49.3 Å². The van der Waals surface area contributed by atoms with Gasteiger partial charge in [0.05, 0.1) is 12.2 Å². The second-order valence-corrected chi connectivity index (χ2v) is 6.94. The van der Waals surface area contributed by atoms with E-state index in [9.17, 15) is 0 Å². The van der Waals surface area contributed by atoms with Gasteiger partial charge in [0, 0.05) is 31.6 Å². The van der Waals surface area contributed by atoms with E-state index >= 15 is 0 Å². The fourth-order valence-corrected chi connectivity index (χ4v) is 3.15. The van der Waals surface area contributed by atoms with Crippen molar-refractivity contribution < 1.29 is 4.52 Å². The summed E-state index contributed by atoms with van der Waals surface area (Å²) in [6.45, 7) is 10.6. The number of rotatable bonds is 11. The molecule has 0 amide bonds. The van der Waals surface area contributed by atoms with Crippen LogP contribution in [-0.2, 0) is 25.9 Å². The van der Waals surface area contributed by atoms with Gasteiger partial charge in [0.1, 0.15) is 5.76 Å². The lowest BCUT2D eigenvalue weighted by atomic mass is 10.1. The number of aryl methyl sites for hydroxylation is 2. The molecule has 0 aliphatic rings. The first-order chi connectivity index (χ1) is 13.7. The third-order valence-electron chi connectivity index (χ3n) is 4.65. The fraction of sp³-hybridized carbons (Fsp3) is 0.545. The Balaban J connectivity index is 0.00000420. The van der Waals surface area contributed by atoms with Gasteiger partial charge in [0.25, 0.3) is 0 Å². The second-order valence-electron chi connectivity index (χ2n) is 6.94. The summed E-state index contributed by atoms with van der Waals surface area (Å²) in [5, 5.41) is 10.9. The highest BCUT2D eigenvalue weighted by Crippen LogP contribution is 2.16. The van der Waals surface area contributed by atoms with Gasteiger partial charge in [0.2, 0.25) is 0 Å². The molecule has 29 heavy (non-hydrogen) atoms. The lowest BCUT2D eigenvalue weighted by Gasteiger charge is -2.17. The first-order valence-corrected chi connectivity index (χ1v) is 10.4. The normalized spacial score (nSPS) is 11.4. The Morgan fingerprint density at radius 3 is 2.52 bits per heavy atom. The average molecular weight is 513 g/mol. The number of nitrogens with one attached hydrogen (secondary N) is 2. The van der Waals surface area contributed by atoms with Crippen molar-refractivity contribution in [1.29, 1.82) is 0 Å². The third kappa shape index (κ3) is 8.74. The Morgan fingerprint density at radius 2 is 1.86 bits per heavy atom. The van der Waals surface area contributed by atoms with Crippen molar-refractivity contribution in [3.63, 3.8) is 0 Å². The molecule has 2 N–H and O–H groups in total. The van der Waals surface area contributed by atoms with E-state index in [4.69, 9.17) is 9.52 Å². The van der Waals surface area contributed by atoms with Gasteiger partial charge in [-0.25, -0.2) is 4.99 Å². The number of halogens is 1. The number of nitrogens with zero attached hydrogens (tertiary/aromatic N) is 3. The van der Waals surface area contributed by atoms with Crippen molar-refractivity contribution in [2.75, 3.05) is 26.7 Å². The van der Waals surface area contributed by atoms with Crippen LogP contribution in [0.4, 0.5) is 0 Å².